The highest BCUT2D eigenvalue weighted by Crippen LogP contribution is 2.41. The van der Waals surface area contributed by atoms with E-state index in [0.717, 1.165) is 25.7 Å². The van der Waals surface area contributed by atoms with Gasteiger partial charge in [-0.15, -0.1) is 11.3 Å². The van der Waals surface area contributed by atoms with Crippen LogP contribution in [0.3, 0.4) is 0 Å². The fourth-order valence-corrected chi connectivity index (χ4v) is 5.75. The molecule has 0 spiro atoms. The van der Waals surface area contributed by atoms with Gasteiger partial charge in [0.1, 0.15) is 30.4 Å². The first kappa shape index (κ1) is 24.1. The van der Waals surface area contributed by atoms with E-state index in [1.54, 1.807) is 30.1 Å². The second-order valence-electron chi connectivity index (χ2n) is 8.77. The lowest BCUT2D eigenvalue weighted by molar-refractivity contribution is -0.186. The topological polar surface area (TPSA) is 71.5 Å². The fraction of sp³-hybridized carbons (Fsp3) is 0.214. The molecule has 6 rings (SSSR count). The maximum atomic E-state index is 6.46. The summed E-state index contributed by atoms with van der Waals surface area (Å²) < 4.78 is 27.4. The van der Waals surface area contributed by atoms with E-state index >= 15 is 0 Å². The SMILES string of the molecule is Brc1ccc(C2(Cn3ccnc3)OCC(COc3ccc(-c4coc(Cc5ccccc5)n4)cc3)O2)s1. The number of halogens is 1. The molecule has 3 aromatic heterocycles. The van der Waals surface area contributed by atoms with E-state index in [1.165, 1.54) is 5.56 Å². The van der Waals surface area contributed by atoms with Gasteiger partial charge in [0.2, 0.25) is 5.79 Å². The second-order valence-corrected chi connectivity index (χ2v) is 11.2. The van der Waals surface area contributed by atoms with Gasteiger partial charge in [0, 0.05) is 24.4 Å². The summed E-state index contributed by atoms with van der Waals surface area (Å²) in [5.41, 5.74) is 2.94. The lowest BCUT2D eigenvalue weighted by Crippen LogP contribution is -2.33. The molecule has 2 atom stereocenters. The molecule has 4 heterocycles. The summed E-state index contributed by atoms with van der Waals surface area (Å²) in [7, 11) is 0. The fourth-order valence-electron chi connectivity index (χ4n) is 4.28. The zero-order chi connectivity index (χ0) is 25.1. The Morgan fingerprint density at radius 2 is 1.95 bits per heavy atom. The standard InChI is InChI=1S/C28H24BrN3O4S/c29-26-11-10-25(37-26)28(18-32-13-12-30-19-32)35-16-23(36-28)15-33-22-8-6-21(7-9-22)24-17-34-27(31-24)14-20-4-2-1-3-5-20/h1-13,17,19,23H,14-16,18H2. The Balaban J connectivity index is 1.08. The predicted octanol–water partition coefficient (Wildman–Crippen LogP) is 6.30. The summed E-state index contributed by atoms with van der Waals surface area (Å²) in [4.78, 5) is 9.79. The van der Waals surface area contributed by atoms with Crippen molar-refractivity contribution >= 4 is 27.3 Å². The van der Waals surface area contributed by atoms with Crippen molar-refractivity contribution in [2.45, 2.75) is 24.9 Å². The summed E-state index contributed by atoms with van der Waals surface area (Å²) in [6, 6.07) is 22.0. The van der Waals surface area contributed by atoms with Crippen LogP contribution >= 0.6 is 27.3 Å². The summed E-state index contributed by atoms with van der Waals surface area (Å²) >= 11 is 5.15. The quantitative estimate of drug-likeness (QED) is 0.205. The highest BCUT2D eigenvalue weighted by molar-refractivity contribution is 9.11. The Morgan fingerprint density at radius 3 is 2.70 bits per heavy atom. The molecule has 7 nitrogen and oxygen atoms in total. The Kier molecular flexibility index (Phi) is 6.93. The Morgan fingerprint density at radius 1 is 1.08 bits per heavy atom. The zero-order valence-electron chi connectivity index (χ0n) is 19.8. The average molecular weight is 578 g/mol. The van der Waals surface area contributed by atoms with E-state index in [0.29, 0.717) is 32.1 Å². The van der Waals surface area contributed by atoms with Crippen LogP contribution in [0, 0.1) is 0 Å². The van der Waals surface area contributed by atoms with Crippen LogP contribution in [0.1, 0.15) is 16.3 Å². The van der Waals surface area contributed by atoms with Crippen molar-refractivity contribution in [2.24, 2.45) is 0 Å². The third-order valence-electron chi connectivity index (χ3n) is 6.09. The molecular formula is C28H24BrN3O4S. The van der Waals surface area contributed by atoms with Crippen LogP contribution in [-0.4, -0.2) is 33.9 Å². The smallest absolute Gasteiger partial charge is 0.223 e. The van der Waals surface area contributed by atoms with E-state index in [4.69, 9.17) is 18.6 Å². The number of thiophene rings is 1. The summed E-state index contributed by atoms with van der Waals surface area (Å²) in [5.74, 6) is 0.572. The molecule has 0 saturated carbocycles. The molecular weight excluding hydrogens is 554 g/mol. The maximum absolute atomic E-state index is 6.46. The van der Waals surface area contributed by atoms with Gasteiger partial charge in [0.05, 0.1) is 28.1 Å². The molecule has 188 valence electrons. The van der Waals surface area contributed by atoms with Crippen LogP contribution < -0.4 is 4.74 Å². The van der Waals surface area contributed by atoms with Crippen molar-refractivity contribution in [3.05, 3.63) is 112 Å². The second kappa shape index (κ2) is 10.6. The first-order chi connectivity index (χ1) is 18.1. The number of oxazole rings is 1. The van der Waals surface area contributed by atoms with Gasteiger partial charge < -0.3 is 23.2 Å². The first-order valence-corrected chi connectivity index (χ1v) is 13.5. The van der Waals surface area contributed by atoms with Crippen molar-refractivity contribution < 1.29 is 18.6 Å². The number of imidazole rings is 1. The zero-order valence-corrected chi connectivity index (χ0v) is 22.2. The van der Waals surface area contributed by atoms with E-state index in [-0.39, 0.29) is 6.10 Å². The molecule has 2 unspecified atom stereocenters. The lowest BCUT2D eigenvalue weighted by Gasteiger charge is -2.27. The third kappa shape index (κ3) is 5.55. The first-order valence-electron chi connectivity index (χ1n) is 11.9. The third-order valence-corrected chi connectivity index (χ3v) is 7.84. The van der Waals surface area contributed by atoms with Gasteiger partial charge in [-0.25, -0.2) is 9.97 Å². The van der Waals surface area contributed by atoms with E-state index in [2.05, 4.69) is 38.0 Å². The lowest BCUT2D eigenvalue weighted by atomic mass is 10.1. The van der Waals surface area contributed by atoms with E-state index in [1.807, 2.05) is 65.4 Å². The van der Waals surface area contributed by atoms with Crippen LogP contribution in [0.15, 0.2) is 99.9 Å². The minimum absolute atomic E-state index is 0.208. The number of benzene rings is 2. The largest absolute Gasteiger partial charge is 0.491 e. The van der Waals surface area contributed by atoms with Crippen molar-refractivity contribution in [1.29, 1.82) is 0 Å². The van der Waals surface area contributed by atoms with Gasteiger partial charge >= 0.3 is 0 Å². The molecule has 37 heavy (non-hydrogen) atoms. The van der Waals surface area contributed by atoms with Crippen molar-refractivity contribution in [3.8, 4) is 17.0 Å². The van der Waals surface area contributed by atoms with Crippen LogP contribution in [0.2, 0.25) is 0 Å². The molecule has 0 bridgehead atoms. The molecule has 1 aliphatic heterocycles. The summed E-state index contributed by atoms with van der Waals surface area (Å²) in [6.45, 7) is 1.32. The van der Waals surface area contributed by atoms with Crippen LogP contribution in [0.5, 0.6) is 5.75 Å². The maximum Gasteiger partial charge on any atom is 0.223 e. The van der Waals surface area contributed by atoms with Gasteiger partial charge in [-0.05, 0) is 57.9 Å². The Hall–Kier alpha value is -3.24. The number of hydrogen-bond donors (Lipinski definition) is 0. The molecule has 0 N–H and O–H groups in total. The predicted molar refractivity (Wildman–Crippen MR) is 143 cm³/mol. The number of rotatable bonds is 9. The highest BCUT2D eigenvalue weighted by atomic mass is 79.9. The number of nitrogens with zero attached hydrogens (tertiary/aromatic N) is 3. The summed E-state index contributed by atoms with van der Waals surface area (Å²) in [5, 5.41) is 0. The van der Waals surface area contributed by atoms with Gasteiger partial charge in [-0.1, -0.05) is 30.3 Å². The van der Waals surface area contributed by atoms with Crippen molar-refractivity contribution in [1.82, 2.24) is 14.5 Å². The van der Waals surface area contributed by atoms with Crippen molar-refractivity contribution in [2.75, 3.05) is 13.2 Å². The molecule has 5 aromatic rings. The van der Waals surface area contributed by atoms with Crippen LogP contribution in [-0.2, 0) is 28.2 Å². The van der Waals surface area contributed by atoms with Gasteiger partial charge in [-0.3, -0.25) is 0 Å². The van der Waals surface area contributed by atoms with Gasteiger partial charge in [-0.2, -0.15) is 0 Å². The normalized spacial score (nSPS) is 19.3. The highest BCUT2D eigenvalue weighted by Gasteiger charge is 2.45. The molecule has 0 aliphatic carbocycles. The molecule has 1 fully saturated rings. The van der Waals surface area contributed by atoms with Gasteiger partial charge in [0.15, 0.2) is 5.89 Å². The van der Waals surface area contributed by atoms with E-state index in [9.17, 15) is 0 Å². The summed E-state index contributed by atoms with van der Waals surface area (Å²) in [6.07, 6.45) is 7.57. The molecule has 0 radical (unpaired) electrons. The minimum atomic E-state index is -0.875. The van der Waals surface area contributed by atoms with Crippen LogP contribution in [0.25, 0.3) is 11.3 Å². The molecule has 2 aromatic carbocycles. The number of aromatic nitrogens is 3. The number of hydrogen-bond acceptors (Lipinski definition) is 7. The Labute approximate surface area is 226 Å². The molecule has 1 aliphatic rings. The number of ether oxygens (including phenoxy) is 3. The Bertz CT molecular complexity index is 1440. The van der Waals surface area contributed by atoms with Crippen LogP contribution in [0.4, 0.5) is 0 Å². The monoisotopic (exact) mass is 577 g/mol. The minimum Gasteiger partial charge on any atom is -0.491 e. The van der Waals surface area contributed by atoms with E-state index < -0.39 is 5.79 Å². The molecule has 9 heteroatoms. The average Bonchev–Trinajstić information content (AvgIpc) is 3.73. The van der Waals surface area contributed by atoms with Gasteiger partial charge in [0.25, 0.3) is 0 Å². The molecule has 1 saturated heterocycles. The molecule has 0 amide bonds. The van der Waals surface area contributed by atoms with Crippen molar-refractivity contribution in [3.63, 3.8) is 0 Å².